The van der Waals surface area contributed by atoms with Crippen LogP contribution >= 0.6 is 0 Å². The zero-order valence-electron chi connectivity index (χ0n) is 22.5. The molecule has 4 rings (SSSR count). The number of hydrogen-bond acceptors (Lipinski definition) is 11. The number of aliphatic hydroxyl groups excluding tert-OH is 1. The van der Waals surface area contributed by atoms with Gasteiger partial charge in [-0.2, -0.15) is 4.98 Å². The number of benzene rings is 1. The van der Waals surface area contributed by atoms with Gasteiger partial charge in [0, 0.05) is 18.9 Å². The Morgan fingerprint density at radius 3 is 2.51 bits per heavy atom. The molecule has 5 N–H and O–H groups in total. The van der Waals surface area contributed by atoms with Gasteiger partial charge in [-0.15, -0.1) is 10.2 Å². The highest BCUT2D eigenvalue weighted by Crippen LogP contribution is 2.38. The van der Waals surface area contributed by atoms with Gasteiger partial charge in [-0.25, -0.2) is 0 Å². The largest absolute Gasteiger partial charge is 0.494 e. The van der Waals surface area contributed by atoms with Gasteiger partial charge in [-0.3, -0.25) is 14.4 Å². The molecule has 2 heterocycles. The summed E-state index contributed by atoms with van der Waals surface area (Å²) in [5.74, 6) is -1.14. The predicted octanol–water partition coefficient (Wildman–Crippen LogP) is 0.0319. The van der Waals surface area contributed by atoms with E-state index < -0.39 is 23.3 Å². The van der Waals surface area contributed by atoms with E-state index in [1.54, 1.807) is 18.2 Å². The molecule has 2 atom stereocenters. The first kappa shape index (κ1) is 29.6. The molecule has 17 heteroatoms. The van der Waals surface area contributed by atoms with Gasteiger partial charge >= 0.3 is 0 Å². The third-order valence-corrected chi connectivity index (χ3v) is 5.82. The number of aromatic nitrogens is 4. The van der Waals surface area contributed by atoms with Crippen LogP contribution in [0.2, 0.25) is 0 Å². The fraction of sp³-hybridized carbons (Fsp3) is 0.375. The molecule has 6 radical (unpaired) electrons. The number of ether oxygens (including phenoxy) is 1. The van der Waals surface area contributed by atoms with Crippen molar-refractivity contribution < 1.29 is 28.8 Å². The van der Waals surface area contributed by atoms with E-state index in [1.807, 2.05) is 0 Å². The first-order valence-corrected chi connectivity index (χ1v) is 12.5. The molecule has 0 saturated heterocycles. The second-order valence-corrected chi connectivity index (χ2v) is 9.53. The van der Waals surface area contributed by atoms with E-state index >= 15 is 0 Å². The minimum absolute atomic E-state index is 0.0267. The summed E-state index contributed by atoms with van der Waals surface area (Å²) in [5, 5.41) is 30.3. The van der Waals surface area contributed by atoms with Crippen LogP contribution in [0.25, 0.3) is 11.5 Å². The topological polar surface area (TPSA) is 193 Å². The molecule has 3 amide bonds. The van der Waals surface area contributed by atoms with E-state index in [0.717, 1.165) is 12.8 Å². The Morgan fingerprint density at radius 1 is 1.17 bits per heavy atom. The average Bonchev–Trinajstić information content (AvgIpc) is 3.63. The molecule has 0 bridgehead atoms. The molecule has 41 heavy (non-hydrogen) atoms. The zero-order valence-corrected chi connectivity index (χ0v) is 22.5. The molecular weight excluding hydrogens is 529 g/mol. The van der Waals surface area contributed by atoms with Gasteiger partial charge in [0.15, 0.2) is 23.1 Å². The van der Waals surface area contributed by atoms with Gasteiger partial charge in [0.25, 0.3) is 11.8 Å². The predicted molar refractivity (Wildman–Crippen MR) is 149 cm³/mol. The van der Waals surface area contributed by atoms with Crippen LogP contribution < -0.4 is 26.0 Å². The molecule has 1 aliphatic carbocycles. The Hall–Kier alpha value is -4.40. The van der Waals surface area contributed by atoms with Gasteiger partial charge in [-0.1, -0.05) is 16.5 Å². The summed E-state index contributed by atoms with van der Waals surface area (Å²) in [6.45, 7) is 2.78. The number of methoxy groups -OCH3 is 1. The summed E-state index contributed by atoms with van der Waals surface area (Å²) < 4.78 is 11.0. The zero-order chi connectivity index (χ0) is 29.9. The molecule has 1 aliphatic rings. The summed E-state index contributed by atoms with van der Waals surface area (Å²) in [5.41, 5.74) is 0.556. The van der Waals surface area contributed by atoms with E-state index in [4.69, 9.17) is 32.8 Å². The Balaban J connectivity index is 1.70. The lowest BCUT2D eigenvalue weighted by molar-refractivity contribution is -0.120. The third-order valence-electron chi connectivity index (χ3n) is 5.82. The number of carbonyl (C=O) groups excluding carboxylic acids is 3. The highest BCUT2D eigenvalue weighted by Gasteiger charge is 2.31. The van der Waals surface area contributed by atoms with Crippen molar-refractivity contribution in [3.05, 3.63) is 35.8 Å². The number of para-hydroxylation sites is 1. The van der Waals surface area contributed by atoms with Crippen LogP contribution in [0.15, 0.2) is 28.8 Å². The number of aliphatic hydroxyl groups is 1. The average molecular weight is 554 g/mol. The first-order valence-electron chi connectivity index (χ1n) is 12.5. The lowest BCUT2D eigenvalue weighted by Gasteiger charge is -2.23. The maximum Gasteiger partial charge on any atom is 0.272 e. The van der Waals surface area contributed by atoms with Crippen molar-refractivity contribution in [2.75, 3.05) is 17.7 Å². The monoisotopic (exact) mass is 554 g/mol. The van der Waals surface area contributed by atoms with Gasteiger partial charge in [-0.05, 0) is 31.9 Å². The molecule has 1 aromatic carbocycles. The van der Waals surface area contributed by atoms with Crippen LogP contribution in [0.1, 0.15) is 49.0 Å². The molecule has 2 aromatic heterocycles. The second-order valence-electron chi connectivity index (χ2n) is 9.53. The Morgan fingerprint density at radius 2 is 1.90 bits per heavy atom. The normalized spacial score (nSPS) is 14.4. The van der Waals surface area contributed by atoms with E-state index in [9.17, 15) is 19.5 Å². The summed E-state index contributed by atoms with van der Waals surface area (Å²) in [4.78, 5) is 41.1. The van der Waals surface area contributed by atoms with Gasteiger partial charge in [0.05, 0.1) is 53.7 Å². The minimum Gasteiger partial charge on any atom is -0.494 e. The standard InChI is InChI=1S/C24H25B3N8O6/c1-10(36)17(28-11(2)37)20-31-23(41-35-20)13-5-4-6-14(19(13)40-3)29-15-9-16(30-21(38)12-7-8-12)33-34-18(15)22(39)32-24(25,26)27/h4-6,9-10,12,17,36H,7-8H2,1-3H3,(H,28,37)(H,32,39)(H2,29,30,33,38)/t10-,17+/m1/s1. The van der Waals surface area contributed by atoms with Crippen molar-refractivity contribution in [2.24, 2.45) is 5.92 Å². The van der Waals surface area contributed by atoms with Crippen LogP contribution in [-0.4, -0.2) is 85.2 Å². The molecule has 1 saturated carbocycles. The smallest absolute Gasteiger partial charge is 0.272 e. The van der Waals surface area contributed by atoms with Crippen molar-refractivity contribution in [3.63, 3.8) is 0 Å². The quantitative estimate of drug-likeness (QED) is 0.201. The number of nitrogens with one attached hydrogen (secondary N) is 4. The van der Waals surface area contributed by atoms with Crippen LogP contribution in [0.3, 0.4) is 0 Å². The van der Waals surface area contributed by atoms with Gasteiger partial charge in [0.1, 0.15) is 6.04 Å². The Labute approximate surface area is 239 Å². The lowest BCUT2D eigenvalue weighted by atomic mass is 9.49. The third kappa shape index (κ3) is 7.42. The van der Waals surface area contributed by atoms with Gasteiger partial charge < -0.3 is 35.6 Å². The van der Waals surface area contributed by atoms with E-state index in [-0.39, 0.29) is 52.4 Å². The van der Waals surface area contributed by atoms with E-state index in [2.05, 4.69) is 41.6 Å². The van der Waals surface area contributed by atoms with Crippen molar-refractivity contribution in [3.8, 4) is 17.2 Å². The number of anilines is 3. The lowest BCUT2D eigenvalue weighted by Crippen LogP contribution is -2.50. The summed E-state index contributed by atoms with van der Waals surface area (Å²) in [6, 6.07) is 5.43. The summed E-state index contributed by atoms with van der Waals surface area (Å²) >= 11 is 0. The maximum atomic E-state index is 12.9. The molecular formula is C24H25B3N8O6. The highest BCUT2D eigenvalue weighted by atomic mass is 16.5. The highest BCUT2D eigenvalue weighted by molar-refractivity contribution is 6.60. The first-order chi connectivity index (χ1) is 19.4. The SMILES string of the molecule is [B]C([B])([B])NC(=O)c1nnc(NC(=O)C2CC2)cc1Nc1cccc(-c2nc([C@@H](NC(C)=O)[C@@H](C)O)no2)c1OC. The maximum absolute atomic E-state index is 12.9. The Kier molecular flexibility index (Phi) is 8.66. The van der Waals surface area contributed by atoms with Crippen molar-refractivity contribution in [1.82, 2.24) is 31.0 Å². The molecule has 3 aromatic rings. The van der Waals surface area contributed by atoms with Crippen molar-refractivity contribution in [1.29, 1.82) is 0 Å². The number of rotatable bonds is 11. The minimum atomic E-state index is -2.04. The van der Waals surface area contributed by atoms with E-state index in [1.165, 1.54) is 27.0 Å². The molecule has 0 unspecified atom stereocenters. The number of nitrogens with zero attached hydrogens (tertiary/aromatic N) is 4. The summed E-state index contributed by atoms with van der Waals surface area (Å²) in [7, 11) is 18.0. The number of carbonyl (C=O) groups is 3. The number of amides is 3. The molecule has 14 nitrogen and oxygen atoms in total. The van der Waals surface area contributed by atoms with Gasteiger partial charge in [0.2, 0.25) is 11.8 Å². The Bertz CT molecular complexity index is 1460. The van der Waals surface area contributed by atoms with Crippen LogP contribution in [-0.2, 0) is 9.59 Å². The molecule has 206 valence electrons. The molecule has 0 aliphatic heterocycles. The molecule has 0 spiro atoms. The fourth-order valence-electron chi connectivity index (χ4n) is 3.80. The number of hydrogen-bond donors (Lipinski definition) is 5. The van der Waals surface area contributed by atoms with Crippen molar-refractivity contribution >= 4 is 58.5 Å². The van der Waals surface area contributed by atoms with Crippen molar-refractivity contribution in [2.45, 2.75) is 44.1 Å². The fourth-order valence-corrected chi connectivity index (χ4v) is 3.80. The van der Waals surface area contributed by atoms with Crippen LogP contribution in [0.5, 0.6) is 5.75 Å². The summed E-state index contributed by atoms with van der Waals surface area (Å²) in [6.07, 6.45) is 0.549. The van der Waals surface area contributed by atoms with E-state index in [0.29, 0.717) is 11.3 Å². The van der Waals surface area contributed by atoms with Crippen LogP contribution in [0.4, 0.5) is 17.2 Å². The second kappa shape index (κ2) is 12.0. The molecule has 1 fully saturated rings. The van der Waals surface area contributed by atoms with Crippen LogP contribution in [0, 0.1) is 5.92 Å².